The number of aromatic nitrogens is 2. The highest BCUT2D eigenvalue weighted by molar-refractivity contribution is 5.71. The zero-order valence-electron chi connectivity index (χ0n) is 12.2. The second-order valence-electron chi connectivity index (χ2n) is 6.08. The Kier molecular flexibility index (Phi) is 4.53. The first-order valence-electron chi connectivity index (χ1n) is 7.91. The largest absolute Gasteiger partial charge is 0.481 e. The van der Waals surface area contributed by atoms with Gasteiger partial charge >= 0.3 is 5.97 Å². The fourth-order valence-electron chi connectivity index (χ4n) is 3.40. The number of ether oxygens (including phenoxy) is 1. The van der Waals surface area contributed by atoms with E-state index in [1.54, 1.807) is 0 Å². The molecular weight excluding hydrogens is 272 g/mol. The van der Waals surface area contributed by atoms with Crippen LogP contribution in [0.25, 0.3) is 0 Å². The van der Waals surface area contributed by atoms with E-state index in [0.717, 1.165) is 38.7 Å². The van der Waals surface area contributed by atoms with E-state index >= 15 is 0 Å². The van der Waals surface area contributed by atoms with E-state index in [1.807, 2.05) is 0 Å². The zero-order chi connectivity index (χ0) is 14.7. The van der Waals surface area contributed by atoms with Crippen LogP contribution < -0.4 is 0 Å². The molecule has 2 fully saturated rings. The SMILES string of the molecule is O=C(O)C1CCCCC1c1nc(CC2CCCCO2)no1. The van der Waals surface area contributed by atoms with Crippen LogP contribution in [0.15, 0.2) is 4.52 Å². The fourth-order valence-corrected chi connectivity index (χ4v) is 3.40. The van der Waals surface area contributed by atoms with Crippen LogP contribution in [0.5, 0.6) is 0 Å². The van der Waals surface area contributed by atoms with Gasteiger partial charge < -0.3 is 14.4 Å². The Bertz CT molecular complexity index is 482. The monoisotopic (exact) mass is 294 g/mol. The lowest BCUT2D eigenvalue weighted by Crippen LogP contribution is -2.25. The van der Waals surface area contributed by atoms with Gasteiger partial charge in [0.1, 0.15) is 0 Å². The number of carboxylic acids is 1. The molecule has 1 aliphatic carbocycles. The van der Waals surface area contributed by atoms with Gasteiger partial charge in [-0.3, -0.25) is 4.79 Å². The van der Waals surface area contributed by atoms with E-state index in [9.17, 15) is 9.90 Å². The Hall–Kier alpha value is -1.43. The Labute approximate surface area is 123 Å². The summed E-state index contributed by atoms with van der Waals surface area (Å²) in [5.41, 5.74) is 0. The van der Waals surface area contributed by atoms with E-state index in [4.69, 9.17) is 9.26 Å². The summed E-state index contributed by atoms with van der Waals surface area (Å²) in [4.78, 5) is 15.8. The number of carbonyl (C=O) groups is 1. The number of rotatable bonds is 4. The van der Waals surface area contributed by atoms with Crippen molar-refractivity contribution in [2.24, 2.45) is 5.92 Å². The van der Waals surface area contributed by atoms with Crippen molar-refractivity contribution in [3.05, 3.63) is 11.7 Å². The summed E-state index contributed by atoms with van der Waals surface area (Å²) in [5, 5.41) is 13.3. The van der Waals surface area contributed by atoms with Crippen LogP contribution in [0.4, 0.5) is 0 Å². The number of aliphatic carboxylic acids is 1. The van der Waals surface area contributed by atoms with Gasteiger partial charge in [0.05, 0.1) is 17.9 Å². The summed E-state index contributed by atoms with van der Waals surface area (Å²) >= 11 is 0. The van der Waals surface area contributed by atoms with Crippen LogP contribution >= 0.6 is 0 Å². The molecule has 0 spiro atoms. The van der Waals surface area contributed by atoms with Crippen LogP contribution in [-0.2, 0) is 16.0 Å². The Balaban J connectivity index is 1.66. The third-order valence-corrected chi connectivity index (χ3v) is 4.57. The molecule has 1 aromatic heterocycles. The minimum absolute atomic E-state index is 0.134. The number of nitrogens with zero attached hydrogens (tertiary/aromatic N) is 2. The molecule has 2 aliphatic rings. The number of hydrogen-bond donors (Lipinski definition) is 1. The first kappa shape index (κ1) is 14.5. The van der Waals surface area contributed by atoms with Crippen molar-refractivity contribution in [1.82, 2.24) is 10.1 Å². The van der Waals surface area contributed by atoms with Crippen molar-refractivity contribution in [3.63, 3.8) is 0 Å². The summed E-state index contributed by atoms with van der Waals surface area (Å²) in [6.45, 7) is 0.805. The molecule has 2 heterocycles. The van der Waals surface area contributed by atoms with Crippen molar-refractivity contribution in [2.45, 2.75) is 63.4 Å². The minimum atomic E-state index is -0.755. The maximum Gasteiger partial charge on any atom is 0.307 e. The smallest absolute Gasteiger partial charge is 0.307 e. The minimum Gasteiger partial charge on any atom is -0.481 e. The molecule has 3 unspecified atom stereocenters. The highest BCUT2D eigenvalue weighted by Gasteiger charge is 2.35. The van der Waals surface area contributed by atoms with Crippen molar-refractivity contribution in [3.8, 4) is 0 Å². The molecule has 0 radical (unpaired) electrons. The zero-order valence-corrected chi connectivity index (χ0v) is 12.2. The second kappa shape index (κ2) is 6.56. The molecule has 0 amide bonds. The summed E-state index contributed by atoms with van der Waals surface area (Å²) in [5.74, 6) is -0.141. The van der Waals surface area contributed by atoms with E-state index < -0.39 is 11.9 Å². The summed E-state index contributed by atoms with van der Waals surface area (Å²) in [6, 6.07) is 0. The average molecular weight is 294 g/mol. The summed E-state index contributed by atoms with van der Waals surface area (Å²) in [7, 11) is 0. The molecule has 116 valence electrons. The molecule has 3 rings (SSSR count). The molecule has 6 heteroatoms. The molecule has 3 atom stereocenters. The van der Waals surface area contributed by atoms with Crippen molar-refractivity contribution in [1.29, 1.82) is 0 Å². The third kappa shape index (κ3) is 3.43. The molecular formula is C15H22N2O4. The molecule has 0 aromatic carbocycles. The van der Waals surface area contributed by atoms with Gasteiger partial charge in [0.15, 0.2) is 5.82 Å². The molecule has 1 aromatic rings. The highest BCUT2D eigenvalue weighted by atomic mass is 16.5. The number of carboxylic acid groups (broad SMARTS) is 1. The molecule has 1 saturated carbocycles. The van der Waals surface area contributed by atoms with Crippen LogP contribution in [0.1, 0.15) is 62.6 Å². The van der Waals surface area contributed by atoms with E-state index in [-0.39, 0.29) is 12.0 Å². The fraction of sp³-hybridized carbons (Fsp3) is 0.800. The van der Waals surface area contributed by atoms with Crippen molar-refractivity contribution < 1.29 is 19.2 Å². The standard InChI is InChI=1S/C15H22N2O4/c18-15(19)12-7-2-1-6-11(12)14-16-13(17-21-14)9-10-5-3-4-8-20-10/h10-12H,1-9H2,(H,18,19). The van der Waals surface area contributed by atoms with E-state index in [0.29, 0.717) is 24.6 Å². The number of hydrogen-bond acceptors (Lipinski definition) is 5. The first-order chi connectivity index (χ1) is 10.2. The second-order valence-corrected chi connectivity index (χ2v) is 6.08. The van der Waals surface area contributed by atoms with Gasteiger partial charge in [-0.15, -0.1) is 0 Å². The van der Waals surface area contributed by atoms with E-state index in [2.05, 4.69) is 10.1 Å². The van der Waals surface area contributed by atoms with Gasteiger partial charge in [-0.05, 0) is 32.1 Å². The van der Waals surface area contributed by atoms with Crippen molar-refractivity contribution >= 4 is 5.97 Å². The lowest BCUT2D eigenvalue weighted by Gasteiger charge is -2.25. The molecule has 1 N–H and O–H groups in total. The van der Waals surface area contributed by atoms with Gasteiger partial charge in [-0.25, -0.2) is 0 Å². The lowest BCUT2D eigenvalue weighted by atomic mass is 9.79. The lowest BCUT2D eigenvalue weighted by molar-refractivity contribution is -0.143. The van der Waals surface area contributed by atoms with Gasteiger partial charge in [0.2, 0.25) is 5.89 Å². The third-order valence-electron chi connectivity index (χ3n) is 4.57. The van der Waals surface area contributed by atoms with Crippen LogP contribution in [0, 0.1) is 5.92 Å². The Morgan fingerprint density at radius 2 is 2.00 bits per heavy atom. The van der Waals surface area contributed by atoms with Crippen molar-refractivity contribution in [2.75, 3.05) is 6.61 Å². The van der Waals surface area contributed by atoms with Gasteiger partial charge in [0.25, 0.3) is 0 Å². The van der Waals surface area contributed by atoms with Crippen LogP contribution in [-0.4, -0.2) is 33.9 Å². The first-order valence-corrected chi connectivity index (χ1v) is 7.91. The maximum absolute atomic E-state index is 11.4. The normalized spacial score (nSPS) is 30.2. The summed E-state index contributed by atoms with van der Waals surface area (Å²) < 4.78 is 11.0. The Morgan fingerprint density at radius 3 is 2.76 bits per heavy atom. The quantitative estimate of drug-likeness (QED) is 0.918. The highest BCUT2D eigenvalue weighted by Crippen LogP contribution is 2.37. The molecule has 1 saturated heterocycles. The van der Waals surface area contributed by atoms with Crippen LogP contribution in [0.3, 0.4) is 0 Å². The maximum atomic E-state index is 11.4. The topological polar surface area (TPSA) is 85.5 Å². The predicted molar refractivity (Wildman–Crippen MR) is 73.9 cm³/mol. The van der Waals surface area contributed by atoms with Gasteiger partial charge in [-0.2, -0.15) is 4.98 Å². The van der Waals surface area contributed by atoms with E-state index in [1.165, 1.54) is 6.42 Å². The molecule has 1 aliphatic heterocycles. The summed E-state index contributed by atoms with van der Waals surface area (Å²) in [6.07, 6.45) is 7.67. The Morgan fingerprint density at radius 1 is 1.19 bits per heavy atom. The van der Waals surface area contributed by atoms with Crippen LogP contribution in [0.2, 0.25) is 0 Å². The molecule has 0 bridgehead atoms. The molecule has 6 nitrogen and oxygen atoms in total. The molecule has 21 heavy (non-hydrogen) atoms. The predicted octanol–water partition coefficient (Wildman–Crippen LogP) is 2.54. The average Bonchev–Trinajstić information content (AvgIpc) is 2.96. The van der Waals surface area contributed by atoms with Gasteiger partial charge in [0, 0.05) is 13.0 Å². The van der Waals surface area contributed by atoms with Gasteiger partial charge in [-0.1, -0.05) is 18.0 Å².